The second-order valence-electron chi connectivity index (χ2n) is 4.07. The monoisotopic (exact) mass is 204 g/mol. The molecule has 1 rings (SSSR count). The molecule has 0 amide bonds. The van der Waals surface area contributed by atoms with Gasteiger partial charge in [-0.05, 0) is 38.5 Å². The highest BCUT2D eigenvalue weighted by Gasteiger charge is 2.17. The van der Waals surface area contributed by atoms with Crippen molar-refractivity contribution in [3.63, 3.8) is 0 Å². The van der Waals surface area contributed by atoms with E-state index in [1.165, 1.54) is 0 Å². The van der Waals surface area contributed by atoms with E-state index in [-0.39, 0.29) is 0 Å². The summed E-state index contributed by atoms with van der Waals surface area (Å²) in [6.07, 6.45) is 0. The van der Waals surface area contributed by atoms with Crippen LogP contribution in [-0.2, 0) is 0 Å². The molecule has 0 atom stereocenters. The second-order valence-corrected chi connectivity index (χ2v) is 4.07. The SMILES string of the molecule is COc1ccc(C)cc1NC(C)(C)C#N. The van der Waals surface area contributed by atoms with Gasteiger partial charge in [-0.3, -0.25) is 0 Å². The van der Waals surface area contributed by atoms with Crippen LogP contribution in [0, 0.1) is 18.3 Å². The number of hydrogen-bond donors (Lipinski definition) is 1. The highest BCUT2D eigenvalue weighted by molar-refractivity contribution is 5.60. The summed E-state index contributed by atoms with van der Waals surface area (Å²) in [5, 5.41) is 12.1. The maximum atomic E-state index is 8.93. The summed E-state index contributed by atoms with van der Waals surface area (Å²) in [6.45, 7) is 5.66. The lowest BCUT2D eigenvalue weighted by Crippen LogP contribution is -2.28. The minimum Gasteiger partial charge on any atom is -0.495 e. The third-order valence-corrected chi connectivity index (χ3v) is 2.08. The molecule has 3 nitrogen and oxygen atoms in total. The summed E-state index contributed by atoms with van der Waals surface area (Å²) < 4.78 is 5.22. The quantitative estimate of drug-likeness (QED) is 0.823. The average Bonchev–Trinajstić information content (AvgIpc) is 2.18. The van der Waals surface area contributed by atoms with Crippen molar-refractivity contribution in [2.75, 3.05) is 12.4 Å². The molecule has 15 heavy (non-hydrogen) atoms. The lowest BCUT2D eigenvalue weighted by Gasteiger charge is -2.21. The Balaban J connectivity index is 3.03. The number of nitrogens with one attached hydrogen (secondary N) is 1. The Morgan fingerprint density at radius 1 is 1.40 bits per heavy atom. The predicted molar refractivity (Wildman–Crippen MR) is 61.0 cm³/mol. The lowest BCUT2D eigenvalue weighted by molar-refractivity contribution is 0.415. The Kier molecular flexibility index (Phi) is 3.21. The first-order chi connectivity index (χ1) is 6.98. The number of benzene rings is 1. The first kappa shape index (κ1) is 11.4. The van der Waals surface area contributed by atoms with Gasteiger partial charge in [-0.1, -0.05) is 6.07 Å². The maximum Gasteiger partial charge on any atom is 0.142 e. The Hall–Kier alpha value is -1.69. The summed E-state index contributed by atoms with van der Waals surface area (Å²) in [5.41, 5.74) is 1.39. The van der Waals surface area contributed by atoms with Crippen LogP contribution in [0.25, 0.3) is 0 Å². The molecule has 1 aromatic carbocycles. The van der Waals surface area contributed by atoms with E-state index in [2.05, 4.69) is 11.4 Å². The first-order valence-corrected chi connectivity index (χ1v) is 4.82. The molecule has 0 bridgehead atoms. The van der Waals surface area contributed by atoms with E-state index in [1.54, 1.807) is 7.11 Å². The zero-order valence-electron chi connectivity index (χ0n) is 9.59. The molecule has 0 fully saturated rings. The van der Waals surface area contributed by atoms with Gasteiger partial charge in [0.05, 0.1) is 18.9 Å². The molecule has 0 unspecified atom stereocenters. The van der Waals surface area contributed by atoms with Crippen LogP contribution in [0.15, 0.2) is 18.2 Å². The van der Waals surface area contributed by atoms with Gasteiger partial charge in [-0.2, -0.15) is 5.26 Å². The van der Waals surface area contributed by atoms with E-state index in [0.717, 1.165) is 17.0 Å². The fourth-order valence-corrected chi connectivity index (χ4v) is 1.28. The van der Waals surface area contributed by atoms with Gasteiger partial charge in [0.2, 0.25) is 0 Å². The Bertz CT molecular complexity index is 391. The van der Waals surface area contributed by atoms with Crippen LogP contribution in [0.3, 0.4) is 0 Å². The molecule has 3 heteroatoms. The number of aryl methyl sites for hydroxylation is 1. The van der Waals surface area contributed by atoms with Gasteiger partial charge in [0.1, 0.15) is 11.3 Å². The van der Waals surface area contributed by atoms with Crippen LogP contribution >= 0.6 is 0 Å². The van der Waals surface area contributed by atoms with E-state index in [4.69, 9.17) is 10.00 Å². The second kappa shape index (κ2) is 4.22. The predicted octanol–water partition coefficient (Wildman–Crippen LogP) is 2.72. The highest BCUT2D eigenvalue weighted by Crippen LogP contribution is 2.27. The van der Waals surface area contributed by atoms with E-state index in [0.29, 0.717) is 0 Å². The molecule has 0 radical (unpaired) electrons. The molecule has 0 saturated carbocycles. The van der Waals surface area contributed by atoms with Crippen LogP contribution in [0.5, 0.6) is 5.75 Å². The average molecular weight is 204 g/mol. The largest absolute Gasteiger partial charge is 0.495 e. The molecule has 0 aliphatic rings. The van der Waals surface area contributed by atoms with Crippen LogP contribution < -0.4 is 10.1 Å². The number of nitrogens with zero attached hydrogens (tertiary/aromatic N) is 1. The number of hydrogen-bond acceptors (Lipinski definition) is 3. The third-order valence-electron chi connectivity index (χ3n) is 2.08. The summed E-state index contributed by atoms with van der Waals surface area (Å²) in [4.78, 5) is 0. The van der Waals surface area contributed by atoms with E-state index >= 15 is 0 Å². The minimum atomic E-state index is -0.596. The summed E-state index contributed by atoms with van der Waals surface area (Å²) in [7, 11) is 1.62. The number of rotatable bonds is 3. The number of nitriles is 1. The van der Waals surface area contributed by atoms with Crippen molar-refractivity contribution in [2.45, 2.75) is 26.3 Å². The van der Waals surface area contributed by atoms with Crippen molar-refractivity contribution in [1.29, 1.82) is 5.26 Å². The van der Waals surface area contributed by atoms with Crippen LogP contribution in [0.1, 0.15) is 19.4 Å². The fourth-order valence-electron chi connectivity index (χ4n) is 1.28. The van der Waals surface area contributed by atoms with Crippen molar-refractivity contribution >= 4 is 5.69 Å². The fraction of sp³-hybridized carbons (Fsp3) is 0.417. The van der Waals surface area contributed by atoms with E-state index < -0.39 is 5.54 Å². The molecule has 0 spiro atoms. The van der Waals surface area contributed by atoms with E-state index in [9.17, 15) is 0 Å². The third kappa shape index (κ3) is 2.88. The van der Waals surface area contributed by atoms with Crippen LogP contribution in [-0.4, -0.2) is 12.6 Å². The molecular formula is C12H16N2O. The zero-order chi connectivity index (χ0) is 11.5. The summed E-state index contributed by atoms with van der Waals surface area (Å²) in [6, 6.07) is 8.03. The van der Waals surface area contributed by atoms with Gasteiger partial charge >= 0.3 is 0 Å². The number of methoxy groups -OCH3 is 1. The molecule has 0 heterocycles. The normalized spacial score (nSPS) is 10.6. The van der Waals surface area contributed by atoms with Crippen molar-refractivity contribution in [3.05, 3.63) is 23.8 Å². The smallest absolute Gasteiger partial charge is 0.142 e. The summed E-state index contributed by atoms with van der Waals surface area (Å²) in [5.74, 6) is 0.754. The van der Waals surface area contributed by atoms with Gasteiger partial charge in [0, 0.05) is 0 Å². The van der Waals surface area contributed by atoms with Gasteiger partial charge in [0.25, 0.3) is 0 Å². The summed E-state index contributed by atoms with van der Waals surface area (Å²) >= 11 is 0. The lowest BCUT2D eigenvalue weighted by atomic mass is 10.1. The Morgan fingerprint density at radius 2 is 2.07 bits per heavy atom. The standard InChI is InChI=1S/C12H16N2O/c1-9-5-6-11(15-4)10(7-9)14-12(2,3)8-13/h5-7,14H,1-4H3. The van der Waals surface area contributed by atoms with Gasteiger partial charge in [0.15, 0.2) is 0 Å². The van der Waals surface area contributed by atoms with Crippen LogP contribution in [0.4, 0.5) is 5.69 Å². The highest BCUT2D eigenvalue weighted by atomic mass is 16.5. The topological polar surface area (TPSA) is 45.0 Å². The van der Waals surface area contributed by atoms with Gasteiger partial charge < -0.3 is 10.1 Å². The van der Waals surface area contributed by atoms with Crippen LogP contribution in [0.2, 0.25) is 0 Å². The van der Waals surface area contributed by atoms with Crippen molar-refractivity contribution < 1.29 is 4.74 Å². The Labute approximate surface area is 90.7 Å². The molecule has 1 N–H and O–H groups in total. The van der Waals surface area contributed by atoms with Crippen molar-refractivity contribution in [1.82, 2.24) is 0 Å². The molecule has 0 aliphatic heterocycles. The first-order valence-electron chi connectivity index (χ1n) is 4.82. The molecule has 1 aromatic rings. The molecule has 0 saturated heterocycles. The van der Waals surface area contributed by atoms with Gasteiger partial charge in [-0.15, -0.1) is 0 Å². The van der Waals surface area contributed by atoms with Crippen molar-refractivity contribution in [2.24, 2.45) is 0 Å². The number of ether oxygens (including phenoxy) is 1. The zero-order valence-corrected chi connectivity index (χ0v) is 9.59. The van der Waals surface area contributed by atoms with Gasteiger partial charge in [-0.25, -0.2) is 0 Å². The molecule has 0 aliphatic carbocycles. The molecular weight excluding hydrogens is 188 g/mol. The van der Waals surface area contributed by atoms with Crippen molar-refractivity contribution in [3.8, 4) is 11.8 Å². The molecule has 80 valence electrons. The Morgan fingerprint density at radius 3 is 2.60 bits per heavy atom. The molecule has 0 aromatic heterocycles. The number of anilines is 1. The van der Waals surface area contributed by atoms with E-state index in [1.807, 2.05) is 39.0 Å². The minimum absolute atomic E-state index is 0.596. The maximum absolute atomic E-state index is 8.93.